The molecular formula is C16H27N3O2. The first-order chi connectivity index (χ1) is 10.0. The minimum atomic E-state index is -0.272. The van der Waals surface area contributed by atoms with E-state index < -0.39 is 0 Å². The maximum atomic E-state index is 12.0. The molecule has 0 bridgehead atoms. The van der Waals surface area contributed by atoms with Crippen molar-refractivity contribution in [2.24, 2.45) is 13.0 Å². The Balaban J connectivity index is 2.08. The van der Waals surface area contributed by atoms with Gasteiger partial charge in [-0.15, -0.1) is 0 Å². The van der Waals surface area contributed by atoms with Crippen LogP contribution in [0.15, 0.2) is 6.20 Å². The molecule has 1 aromatic rings. The summed E-state index contributed by atoms with van der Waals surface area (Å²) in [5, 5.41) is 4.22. The van der Waals surface area contributed by atoms with Gasteiger partial charge in [-0.1, -0.05) is 19.8 Å². The van der Waals surface area contributed by atoms with Crippen molar-refractivity contribution in [3.63, 3.8) is 0 Å². The van der Waals surface area contributed by atoms with Crippen LogP contribution in [0.25, 0.3) is 0 Å². The Labute approximate surface area is 127 Å². The predicted molar refractivity (Wildman–Crippen MR) is 82.1 cm³/mol. The maximum absolute atomic E-state index is 12.0. The van der Waals surface area contributed by atoms with Crippen LogP contribution in [0.5, 0.6) is 0 Å². The van der Waals surface area contributed by atoms with Crippen LogP contribution in [0, 0.1) is 5.92 Å². The summed E-state index contributed by atoms with van der Waals surface area (Å²) in [6.45, 7) is 5.28. The lowest BCUT2D eigenvalue weighted by molar-refractivity contribution is 0.0522. The van der Waals surface area contributed by atoms with Crippen LogP contribution in [0.1, 0.15) is 55.6 Å². The van der Waals surface area contributed by atoms with Gasteiger partial charge in [-0.2, -0.15) is 5.10 Å². The number of carbonyl (C=O) groups is 1. The molecule has 2 atom stereocenters. The molecule has 0 amide bonds. The molecule has 5 nitrogen and oxygen atoms in total. The minimum absolute atomic E-state index is 0.272. The summed E-state index contributed by atoms with van der Waals surface area (Å²) in [5.74, 6) is 0.522. The van der Waals surface area contributed by atoms with Crippen molar-refractivity contribution in [3.8, 4) is 0 Å². The third-order valence-corrected chi connectivity index (χ3v) is 4.49. The van der Waals surface area contributed by atoms with Crippen molar-refractivity contribution in [2.45, 2.75) is 52.1 Å². The molecule has 2 rings (SSSR count). The predicted octanol–water partition coefficient (Wildman–Crippen LogP) is 2.61. The van der Waals surface area contributed by atoms with Gasteiger partial charge >= 0.3 is 5.97 Å². The molecule has 1 aliphatic carbocycles. The summed E-state index contributed by atoms with van der Waals surface area (Å²) in [6, 6.07) is 0.596. The lowest BCUT2D eigenvalue weighted by atomic mass is 9.86. The number of hydrogen-bond donors (Lipinski definition) is 0. The van der Waals surface area contributed by atoms with Crippen LogP contribution in [0.3, 0.4) is 0 Å². The third-order valence-electron chi connectivity index (χ3n) is 4.49. The zero-order chi connectivity index (χ0) is 15.4. The van der Waals surface area contributed by atoms with E-state index in [1.54, 1.807) is 10.9 Å². The second-order valence-corrected chi connectivity index (χ2v) is 6.19. The van der Waals surface area contributed by atoms with Crippen molar-refractivity contribution < 1.29 is 9.53 Å². The number of hydrogen-bond acceptors (Lipinski definition) is 4. The number of ether oxygens (including phenoxy) is 1. The van der Waals surface area contributed by atoms with Gasteiger partial charge in [0.05, 0.1) is 18.5 Å². The van der Waals surface area contributed by atoms with Crippen molar-refractivity contribution in [1.29, 1.82) is 0 Å². The normalized spacial score (nSPS) is 22.5. The molecule has 2 unspecified atom stereocenters. The molecule has 1 fully saturated rings. The zero-order valence-electron chi connectivity index (χ0n) is 13.6. The molecule has 21 heavy (non-hydrogen) atoms. The topological polar surface area (TPSA) is 47.4 Å². The lowest BCUT2D eigenvalue weighted by Crippen LogP contribution is -2.36. The molecule has 118 valence electrons. The van der Waals surface area contributed by atoms with Crippen LogP contribution < -0.4 is 0 Å². The van der Waals surface area contributed by atoms with Gasteiger partial charge in [0, 0.05) is 19.6 Å². The maximum Gasteiger partial charge on any atom is 0.341 e. The van der Waals surface area contributed by atoms with Gasteiger partial charge in [-0.05, 0) is 32.7 Å². The fraction of sp³-hybridized carbons (Fsp3) is 0.750. The van der Waals surface area contributed by atoms with E-state index in [-0.39, 0.29) is 5.97 Å². The van der Waals surface area contributed by atoms with Gasteiger partial charge in [0.15, 0.2) is 0 Å². The number of aromatic nitrogens is 2. The average Bonchev–Trinajstić information content (AvgIpc) is 2.80. The molecule has 0 aliphatic heterocycles. The van der Waals surface area contributed by atoms with Gasteiger partial charge in [-0.3, -0.25) is 9.58 Å². The highest BCUT2D eigenvalue weighted by Gasteiger charge is 2.25. The van der Waals surface area contributed by atoms with Gasteiger partial charge in [0.1, 0.15) is 5.56 Å². The van der Waals surface area contributed by atoms with Crippen molar-refractivity contribution in [1.82, 2.24) is 14.7 Å². The largest absolute Gasteiger partial charge is 0.462 e. The SMILES string of the molecule is CCOC(=O)c1cnn(C)c1CN(C)C1CCCC(C)C1. The standard InChI is InChI=1S/C16H27N3O2/c1-5-21-16(20)14-10-17-19(4)15(14)11-18(3)13-8-6-7-12(2)9-13/h10,12-13H,5-9,11H2,1-4H3. The molecule has 0 spiro atoms. The van der Waals surface area contributed by atoms with Crippen LogP contribution in [0.2, 0.25) is 0 Å². The Bertz CT molecular complexity index is 484. The summed E-state index contributed by atoms with van der Waals surface area (Å²) >= 11 is 0. The Morgan fingerprint density at radius 1 is 1.52 bits per heavy atom. The van der Waals surface area contributed by atoms with Crippen LogP contribution in [-0.2, 0) is 18.3 Å². The Kier molecular flexibility index (Phi) is 5.39. The fourth-order valence-electron chi connectivity index (χ4n) is 3.20. The number of nitrogens with zero attached hydrogens (tertiary/aromatic N) is 3. The van der Waals surface area contributed by atoms with Gasteiger partial charge < -0.3 is 4.74 Å². The highest BCUT2D eigenvalue weighted by molar-refractivity contribution is 5.90. The number of esters is 1. The van der Waals surface area contributed by atoms with Crippen molar-refractivity contribution in [3.05, 3.63) is 17.5 Å². The van der Waals surface area contributed by atoms with Gasteiger partial charge in [0.2, 0.25) is 0 Å². The Morgan fingerprint density at radius 3 is 2.95 bits per heavy atom. The number of carbonyl (C=O) groups excluding carboxylic acids is 1. The van der Waals surface area contributed by atoms with E-state index in [0.29, 0.717) is 18.2 Å². The second kappa shape index (κ2) is 7.07. The third kappa shape index (κ3) is 3.84. The molecule has 0 radical (unpaired) electrons. The average molecular weight is 293 g/mol. The first kappa shape index (κ1) is 16.0. The lowest BCUT2D eigenvalue weighted by Gasteiger charge is -2.34. The van der Waals surface area contributed by atoms with E-state index in [0.717, 1.165) is 18.2 Å². The summed E-state index contributed by atoms with van der Waals surface area (Å²) in [6.07, 6.45) is 6.73. The Morgan fingerprint density at radius 2 is 2.29 bits per heavy atom. The highest BCUT2D eigenvalue weighted by atomic mass is 16.5. The van der Waals surface area contributed by atoms with E-state index in [2.05, 4.69) is 24.0 Å². The van der Waals surface area contributed by atoms with E-state index in [1.807, 2.05) is 14.0 Å². The quantitative estimate of drug-likeness (QED) is 0.783. The van der Waals surface area contributed by atoms with Crippen LogP contribution in [-0.4, -0.2) is 40.3 Å². The smallest absolute Gasteiger partial charge is 0.341 e. The van der Waals surface area contributed by atoms with E-state index in [4.69, 9.17) is 4.74 Å². The first-order valence-electron chi connectivity index (χ1n) is 7.91. The molecule has 1 saturated carbocycles. The van der Waals surface area contributed by atoms with E-state index in [1.165, 1.54) is 25.7 Å². The van der Waals surface area contributed by atoms with E-state index in [9.17, 15) is 4.79 Å². The van der Waals surface area contributed by atoms with Crippen molar-refractivity contribution in [2.75, 3.05) is 13.7 Å². The van der Waals surface area contributed by atoms with Crippen molar-refractivity contribution >= 4 is 5.97 Å². The summed E-state index contributed by atoms with van der Waals surface area (Å²) in [4.78, 5) is 14.4. The molecule has 1 heterocycles. The van der Waals surface area contributed by atoms with Gasteiger partial charge in [-0.25, -0.2) is 4.79 Å². The highest BCUT2D eigenvalue weighted by Crippen LogP contribution is 2.27. The molecule has 1 aliphatic rings. The summed E-state index contributed by atoms with van der Waals surface area (Å²) in [7, 11) is 4.03. The molecular weight excluding hydrogens is 266 g/mol. The first-order valence-corrected chi connectivity index (χ1v) is 7.91. The number of rotatable bonds is 5. The Hall–Kier alpha value is -1.36. The molecule has 0 N–H and O–H groups in total. The van der Waals surface area contributed by atoms with E-state index >= 15 is 0 Å². The minimum Gasteiger partial charge on any atom is -0.462 e. The summed E-state index contributed by atoms with van der Waals surface area (Å²) in [5.41, 5.74) is 1.53. The molecule has 5 heteroatoms. The fourth-order valence-corrected chi connectivity index (χ4v) is 3.20. The molecule has 0 aromatic carbocycles. The van der Waals surface area contributed by atoms with Crippen LogP contribution in [0.4, 0.5) is 0 Å². The molecule has 0 saturated heterocycles. The van der Waals surface area contributed by atoms with Crippen LogP contribution >= 0.6 is 0 Å². The monoisotopic (exact) mass is 293 g/mol. The molecule has 1 aromatic heterocycles. The second-order valence-electron chi connectivity index (χ2n) is 6.19. The van der Waals surface area contributed by atoms with Gasteiger partial charge in [0.25, 0.3) is 0 Å². The number of aryl methyl sites for hydroxylation is 1. The summed E-state index contributed by atoms with van der Waals surface area (Å²) < 4.78 is 6.90. The zero-order valence-corrected chi connectivity index (χ0v) is 13.6.